The number of likely N-dealkylation sites (N-methyl/N-ethyl adjacent to an activating group) is 1. The van der Waals surface area contributed by atoms with E-state index in [4.69, 9.17) is 25.2 Å². The van der Waals surface area contributed by atoms with E-state index in [-0.39, 0.29) is 24.2 Å². The van der Waals surface area contributed by atoms with Gasteiger partial charge in [0.1, 0.15) is 0 Å². The molecule has 212 valence electrons. The Hall–Kier alpha value is -3.74. The molecule has 0 radical (unpaired) electrons. The Kier molecular flexibility index (Phi) is 9.84. The van der Waals surface area contributed by atoms with Crippen molar-refractivity contribution < 1.29 is 44.3 Å². The molecule has 1 amide bonds. The van der Waals surface area contributed by atoms with Crippen molar-refractivity contribution in [2.45, 2.75) is 44.9 Å². The van der Waals surface area contributed by atoms with E-state index in [1.54, 1.807) is 11.8 Å². The third-order valence-electron chi connectivity index (χ3n) is 6.98. The number of carbonyl (C=O) groups is 4. The largest absolute Gasteiger partial charge is 0.479 e. The summed E-state index contributed by atoms with van der Waals surface area (Å²) >= 11 is 0. The van der Waals surface area contributed by atoms with Crippen LogP contribution in [0.25, 0.3) is 16.5 Å². The summed E-state index contributed by atoms with van der Waals surface area (Å²) in [5.74, 6) is -3.91. The maximum absolute atomic E-state index is 13.3. The zero-order chi connectivity index (χ0) is 28.9. The number of carbonyl (C=O) groups excluding carboxylic acids is 2. The number of nitrogens with zero attached hydrogens (tertiary/aromatic N) is 2. The van der Waals surface area contributed by atoms with Gasteiger partial charge in [-0.15, -0.1) is 0 Å². The van der Waals surface area contributed by atoms with Gasteiger partial charge >= 0.3 is 17.9 Å². The molecule has 0 saturated carbocycles. The SMILES string of the molecule is CCOC(=O)CCN(CC)C(=O)[C@@H]1C=C2c3cccc4[nH]cc(c34)C[C@H]2N(C)C1.O=C(O)C(O)C(O)C(=O)O. The Morgan fingerprint density at radius 3 is 2.38 bits per heavy atom. The molecule has 1 aromatic carbocycles. The number of ether oxygens (including phenoxy) is 1. The molecule has 12 nitrogen and oxygen atoms in total. The number of aliphatic hydroxyl groups excluding tert-OH is 2. The molecule has 0 bridgehead atoms. The molecule has 0 spiro atoms. The van der Waals surface area contributed by atoms with Crippen molar-refractivity contribution in [2.24, 2.45) is 5.92 Å². The maximum atomic E-state index is 13.3. The lowest BCUT2D eigenvalue weighted by Crippen LogP contribution is -2.48. The normalized spacial score (nSPS) is 19.6. The van der Waals surface area contributed by atoms with Crippen LogP contribution in [-0.2, 0) is 30.3 Å². The van der Waals surface area contributed by atoms with Gasteiger partial charge in [0.15, 0.2) is 12.2 Å². The Balaban J connectivity index is 0.000000360. The molecule has 5 N–H and O–H groups in total. The van der Waals surface area contributed by atoms with Crippen LogP contribution in [-0.4, -0.2) is 111 Å². The highest BCUT2D eigenvalue weighted by molar-refractivity contribution is 5.99. The van der Waals surface area contributed by atoms with Crippen LogP contribution >= 0.6 is 0 Å². The molecule has 4 rings (SSSR count). The highest BCUT2D eigenvalue weighted by Gasteiger charge is 2.36. The number of aliphatic carboxylic acids is 2. The Morgan fingerprint density at radius 2 is 1.79 bits per heavy atom. The molecule has 1 aliphatic heterocycles. The van der Waals surface area contributed by atoms with E-state index in [9.17, 15) is 19.2 Å². The first-order chi connectivity index (χ1) is 18.5. The van der Waals surface area contributed by atoms with E-state index < -0.39 is 24.1 Å². The molecule has 2 aromatic rings. The quantitative estimate of drug-likeness (QED) is 0.282. The van der Waals surface area contributed by atoms with Gasteiger partial charge in [0.2, 0.25) is 5.91 Å². The lowest BCUT2D eigenvalue weighted by molar-refractivity contribution is -0.165. The number of H-pyrrole nitrogens is 1. The third-order valence-corrected chi connectivity index (χ3v) is 6.98. The Bertz CT molecular complexity index is 1240. The molecule has 2 heterocycles. The van der Waals surface area contributed by atoms with Crippen molar-refractivity contribution in [1.29, 1.82) is 0 Å². The number of aromatic amines is 1. The molecule has 1 aromatic heterocycles. The third kappa shape index (κ3) is 6.64. The molecule has 39 heavy (non-hydrogen) atoms. The Labute approximate surface area is 225 Å². The topological polar surface area (TPSA) is 181 Å². The van der Waals surface area contributed by atoms with Crippen LogP contribution < -0.4 is 0 Å². The van der Waals surface area contributed by atoms with Crippen LogP contribution in [0, 0.1) is 5.92 Å². The van der Waals surface area contributed by atoms with E-state index in [0.717, 1.165) is 11.9 Å². The van der Waals surface area contributed by atoms with Crippen molar-refractivity contribution >= 4 is 40.3 Å². The highest BCUT2D eigenvalue weighted by atomic mass is 16.5. The fourth-order valence-electron chi connectivity index (χ4n) is 4.99. The lowest BCUT2D eigenvalue weighted by atomic mass is 9.79. The Morgan fingerprint density at radius 1 is 1.13 bits per heavy atom. The minimum Gasteiger partial charge on any atom is -0.479 e. The van der Waals surface area contributed by atoms with Crippen molar-refractivity contribution in [3.63, 3.8) is 0 Å². The fourth-order valence-corrected chi connectivity index (χ4v) is 4.99. The minimum absolute atomic E-state index is 0.0849. The smallest absolute Gasteiger partial charge is 0.335 e. The van der Waals surface area contributed by atoms with Gasteiger partial charge in [-0.1, -0.05) is 18.2 Å². The number of carboxylic acids is 2. The standard InChI is InChI=1S/C23H29N3O3.C4H6O6/c1-4-26(10-9-21(27)29-5-2)23(28)16-11-18-17-7-6-8-19-22(17)15(13-24-19)12-20(18)25(3)14-16;5-1(3(7)8)2(6)4(9)10/h6-8,11,13,16,20,24H,4-5,9-10,12,14H2,1-3H3;1-2,5-6H,(H,7,8)(H,9,10)/t16-,20-;/m1./s1. The van der Waals surface area contributed by atoms with Gasteiger partial charge in [-0.3, -0.25) is 14.5 Å². The number of carboxylic acid groups (broad SMARTS) is 2. The summed E-state index contributed by atoms with van der Waals surface area (Å²) in [4.78, 5) is 52.0. The number of aromatic nitrogens is 1. The molecule has 2 unspecified atom stereocenters. The molecule has 1 aliphatic carbocycles. The van der Waals surface area contributed by atoms with E-state index in [1.807, 2.05) is 6.92 Å². The predicted molar refractivity (Wildman–Crippen MR) is 141 cm³/mol. The monoisotopic (exact) mass is 545 g/mol. The minimum atomic E-state index is -2.27. The first-order valence-corrected chi connectivity index (χ1v) is 12.8. The molecular weight excluding hydrogens is 510 g/mol. The van der Waals surface area contributed by atoms with Crippen LogP contribution in [0.2, 0.25) is 0 Å². The van der Waals surface area contributed by atoms with Gasteiger partial charge in [0, 0.05) is 42.8 Å². The van der Waals surface area contributed by atoms with Crippen molar-refractivity contribution in [3.8, 4) is 0 Å². The van der Waals surface area contributed by atoms with Crippen LogP contribution in [0.3, 0.4) is 0 Å². The second-order valence-electron chi connectivity index (χ2n) is 9.47. The molecule has 12 heteroatoms. The number of nitrogens with one attached hydrogen (secondary N) is 1. The maximum Gasteiger partial charge on any atom is 0.335 e. The van der Waals surface area contributed by atoms with Gasteiger partial charge in [0.25, 0.3) is 0 Å². The molecule has 4 atom stereocenters. The van der Waals surface area contributed by atoms with Gasteiger partial charge in [-0.2, -0.15) is 0 Å². The number of rotatable bonds is 9. The number of esters is 1. The summed E-state index contributed by atoms with van der Waals surface area (Å²) in [7, 11) is 2.10. The van der Waals surface area contributed by atoms with Crippen molar-refractivity contribution in [1.82, 2.24) is 14.8 Å². The number of hydrogen-bond donors (Lipinski definition) is 5. The van der Waals surface area contributed by atoms with Gasteiger partial charge in [-0.05, 0) is 50.1 Å². The fraction of sp³-hybridized carbons (Fsp3) is 0.481. The van der Waals surface area contributed by atoms with E-state index in [2.05, 4.69) is 47.4 Å². The summed E-state index contributed by atoms with van der Waals surface area (Å²) in [5.41, 5.74) is 4.97. The summed E-state index contributed by atoms with van der Waals surface area (Å²) in [6, 6.07) is 6.63. The highest BCUT2D eigenvalue weighted by Crippen LogP contribution is 2.40. The summed E-state index contributed by atoms with van der Waals surface area (Å²) in [6.07, 6.45) is 0.950. The first kappa shape index (κ1) is 29.8. The average molecular weight is 546 g/mol. The summed E-state index contributed by atoms with van der Waals surface area (Å²) in [6.45, 7) is 5.80. The second-order valence-corrected chi connectivity index (χ2v) is 9.47. The number of amides is 1. The number of benzene rings is 1. The molecule has 0 fully saturated rings. The second kappa shape index (κ2) is 12.9. The van der Waals surface area contributed by atoms with E-state index in [0.29, 0.717) is 32.3 Å². The summed E-state index contributed by atoms with van der Waals surface area (Å²) in [5, 5.41) is 33.8. The number of aliphatic hydroxyl groups is 2. The summed E-state index contributed by atoms with van der Waals surface area (Å²) < 4.78 is 5.01. The van der Waals surface area contributed by atoms with Crippen LogP contribution in [0.1, 0.15) is 31.4 Å². The van der Waals surface area contributed by atoms with Crippen molar-refractivity contribution in [3.05, 3.63) is 41.6 Å². The van der Waals surface area contributed by atoms with Crippen LogP contribution in [0.4, 0.5) is 0 Å². The van der Waals surface area contributed by atoms with Crippen molar-refractivity contribution in [2.75, 3.05) is 33.3 Å². The van der Waals surface area contributed by atoms with Gasteiger partial charge in [0.05, 0.1) is 18.9 Å². The zero-order valence-corrected chi connectivity index (χ0v) is 22.2. The molecular formula is C27H35N3O9. The van der Waals surface area contributed by atoms with Crippen LogP contribution in [0.15, 0.2) is 30.5 Å². The van der Waals surface area contributed by atoms with Gasteiger partial charge < -0.3 is 35.0 Å². The predicted octanol–water partition coefficient (Wildman–Crippen LogP) is 0.717. The van der Waals surface area contributed by atoms with E-state index in [1.165, 1.54) is 22.1 Å². The molecule has 2 aliphatic rings. The number of hydrogen-bond acceptors (Lipinski definition) is 8. The molecule has 0 saturated heterocycles. The first-order valence-electron chi connectivity index (χ1n) is 12.8. The van der Waals surface area contributed by atoms with Gasteiger partial charge in [-0.25, -0.2) is 9.59 Å². The average Bonchev–Trinajstić information content (AvgIpc) is 3.33. The zero-order valence-electron chi connectivity index (χ0n) is 22.2. The van der Waals surface area contributed by atoms with Crippen LogP contribution in [0.5, 0.6) is 0 Å². The lowest BCUT2D eigenvalue weighted by Gasteiger charge is -2.40. The van der Waals surface area contributed by atoms with E-state index >= 15 is 0 Å². The number of fused-ring (bicyclic) bond motifs is 2.